The highest BCUT2D eigenvalue weighted by molar-refractivity contribution is 5.87. The summed E-state index contributed by atoms with van der Waals surface area (Å²) >= 11 is 0. The van der Waals surface area contributed by atoms with Gasteiger partial charge in [-0.1, -0.05) is 12.1 Å². The van der Waals surface area contributed by atoms with Crippen molar-refractivity contribution in [2.24, 2.45) is 17.6 Å². The van der Waals surface area contributed by atoms with Crippen molar-refractivity contribution in [1.29, 1.82) is 0 Å². The molecule has 2 atom stereocenters. The van der Waals surface area contributed by atoms with E-state index in [0.29, 0.717) is 18.1 Å². The van der Waals surface area contributed by atoms with Crippen LogP contribution >= 0.6 is 0 Å². The van der Waals surface area contributed by atoms with E-state index < -0.39 is 5.97 Å². The summed E-state index contributed by atoms with van der Waals surface area (Å²) in [5.74, 6) is -0.692. The highest BCUT2D eigenvalue weighted by Gasteiger charge is 2.35. The normalized spacial score (nSPS) is 25.1. The van der Waals surface area contributed by atoms with Crippen molar-refractivity contribution < 1.29 is 19.4 Å². The third kappa shape index (κ3) is 4.58. The standard InChI is InChI=1S/C19H26N2O4/c20-18(22)16-6-9-25-17(16)11-13-4-7-21(8-5-13)12-14-2-1-3-15(10-14)19(23)24/h1-3,10,13,16-17H,4-9,11-12H2,(H2,20,22)(H,23,24)/t16-,17-/m1/s1. The van der Waals surface area contributed by atoms with Crippen LogP contribution in [-0.4, -0.2) is 47.7 Å². The van der Waals surface area contributed by atoms with Crippen LogP contribution in [0, 0.1) is 11.8 Å². The van der Waals surface area contributed by atoms with Crippen LogP contribution in [0.3, 0.4) is 0 Å². The molecule has 0 unspecified atom stereocenters. The summed E-state index contributed by atoms with van der Waals surface area (Å²) in [5.41, 5.74) is 6.84. The largest absolute Gasteiger partial charge is 0.478 e. The smallest absolute Gasteiger partial charge is 0.335 e. The van der Waals surface area contributed by atoms with Gasteiger partial charge >= 0.3 is 5.97 Å². The number of hydrogen-bond acceptors (Lipinski definition) is 4. The Morgan fingerprint density at radius 2 is 2.00 bits per heavy atom. The van der Waals surface area contributed by atoms with E-state index in [-0.39, 0.29) is 17.9 Å². The van der Waals surface area contributed by atoms with Gasteiger partial charge in [-0.25, -0.2) is 4.79 Å². The van der Waals surface area contributed by atoms with Gasteiger partial charge in [0.2, 0.25) is 5.91 Å². The second-order valence-electron chi connectivity index (χ2n) is 7.17. The highest BCUT2D eigenvalue weighted by Crippen LogP contribution is 2.31. The first kappa shape index (κ1) is 17.9. The van der Waals surface area contributed by atoms with Gasteiger partial charge in [0.05, 0.1) is 17.6 Å². The van der Waals surface area contributed by atoms with Gasteiger partial charge in [0.15, 0.2) is 0 Å². The Morgan fingerprint density at radius 3 is 2.68 bits per heavy atom. The molecule has 0 saturated carbocycles. The van der Waals surface area contributed by atoms with Crippen LogP contribution in [0.5, 0.6) is 0 Å². The molecule has 3 N–H and O–H groups in total. The van der Waals surface area contributed by atoms with Gasteiger partial charge in [-0.15, -0.1) is 0 Å². The van der Waals surface area contributed by atoms with Crippen molar-refractivity contribution in [3.8, 4) is 0 Å². The zero-order chi connectivity index (χ0) is 17.8. The van der Waals surface area contributed by atoms with Crippen molar-refractivity contribution in [3.63, 3.8) is 0 Å². The van der Waals surface area contributed by atoms with Crippen LogP contribution < -0.4 is 5.73 Å². The van der Waals surface area contributed by atoms with Crippen molar-refractivity contribution in [3.05, 3.63) is 35.4 Å². The molecule has 0 bridgehead atoms. The first-order valence-corrected chi connectivity index (χ1v) is 8.98. The van der Waals surface area contributed by atoms with Gasteiger partial charge in [0, 0.05) is 13.2 Å². The number of carboxylic acids is 1. The van der Waals surface area contributed by atoms with Crippen LogP contribution in [0.1, 0.15) is 41.6 Å². The van der Waals surface area contributed by atoms with Gasteiger partial charge in [-0.2, -0.15) is 0 Å². The number of hydrogen-bond donors (Lipinski definition) is 2. The fraction of sp³-hybridized carbons (Fsp3) is 0.579. The molecule has 2 heterocycles. The first-order valence-electron chi connectivity index (χ1n) is 8.98. The SMILES string of the molecule is NC(=O)[C@@H]1CCO[C@@H]1CC1CCN(Cc2cccc(C(=O)O)c2)CC1. The molecule has 1 aromatic rings. The lowest BCUT2D eigenvalue weighted by molar-refractivity contribution is -0.123. The van der Waals surface area contributed by atoms with Crippen LogP contribution in [0.2, 0.25) is 0 Å². The van der Waals surface area contributed by atoms with Gasteiger partial charge in [-0.3, -0.25) is 9.69 Å². The van der Waals surface area contributed by atoms with Crippen LogP contribution in [-0.2, 0) is 16.1 Å². The minimum Gasteiger partial charge on any atom is -0.478 e. The average Bonchev–Trinajstić information content (AvgIpc) is 3.05. The number of rotatable bonds is 6. The predicted molar refractivity (Wildman–Crippen MR) is 93.1 cm³/mol. The summed E-state index contributed by atoms with van der Waals surface area (Å²) in [6.45, 7) is 3.38. The summed E-state index contributed by atoms with van der Waals surface area (Å²) in [7, 11) is 0. The molecule has 1 amide bonds. The number of likely N-dealkylation sites (tertiary alicyclic amines) is 1. The van der Waals surface area contributed by atoms with Gasteiger partial charge in [-0.05, 0) is 62.4 Å². The van der Waals surface area contributed by atoms with Crippen molar-refractivity contribution >= 4 is 11.9 Å². The lowest BCUT2D eigenvalue weighted by Crippen LogP contribution is -2.36. The van der Waals surface area contributed by atoms with E-state index in [1.54, 1.807) is 18.2 Å². The molecule has 3 rings (SSSR count). The van der Waals surface area contributed by atoms with E-state index in [2.05, 4.69) is 4.90 Å². The van der Waals surface area contributed by atoms with Gasteiger partial charge in [0.25, 0.3) is 0 Å². The van der Waals surface area contributed by atoms with Crippen molar-refractivity contribution in [2.75, 3.05) is 19.7 Å². The third-order valence-corrected chi connectivity index (χ3v) is 5.43. The molecule has 136 valence electrons. The first-order chi connectivity index (χ1) is 12.0. The monoisotopic (exact) mass is 346 g/mol. The number of carbonyl (C=O) groups excluding carboxylic acids is 1. The molecule has 2 aliphatic rings. The molecule has 2 aliphatic heterocycles. The minimum atomic E-state index is -0.888. The van der Waals surface area contributed by atoms with Gasteiger partial charge < -0.3 is 15.6 Å². The average molecular weight is 346 g/mol. The quantitative estimate of drug-likeness (QED) is 0.820. The Balaban J connectivity index is 1.48. The fourth-order valence-corrected chi connectivity index (χ4v) is 3.98. The molecule has 0 spiro atoms. The zero-order valence-electron chi connectivity index (χ0n) is 14.4. The topological polar surface area (TPSA) is 92.9 Å². The Kier molecular flexibility index (Phi) is 5.71. The molecule has 1 aromatic carbocycles. The van der Waals surface area contributed by atoms with E-state index in [1.165, 1.54) is 0 Å². The van der Waals surface area contributed by atoms with E-state index >= 15 is 0 Å². The van der Waals surface area contributed by atoms with E-state index in [0.717, 1.165) is 50.9 Å². The molecule has 0 aromatic heterocycles. The zero-order valence-corrected chi connectivity index (χ0v) is 14.4. The molecule has 6 nitrogen and oxygen atoms in total. The molecular weight excluding hydrogens is 320 g/mol. The molecule has 0 radical (unpaired) electrons. The minimum absolute atomic E-state index is 0.0127. The number of piperidine rings is 1. The fourth-order valence-electron chi connectivity index (χ4n) is 3.98. The Labute approximate surface area is 147 Å². The maximum Gasteiger partial charge on any atom is 0.335 e. The number of aromatic carboxylic acids is 1. The predicted octanol–water partition coefficient (Wildman–Crippen LogP) is 1.88. The summed E-state index contributed by atoms with van der Waals surface area (Å²) in [6.07, 6.45) is 3.80. The summed E-state index contributed by atoms with van der Waals surface area (Å²) in [6, 6.07) is 7.14. The summed E-state index contributed by atoms with van der Waals surface area (Å²) < 4.78 is 5.72. The molecule has 2 saturated heterocycles. The maximum atomic E-state index is 11.5. The summed E-state index contributed by atoms with van der Waals surface area (Å²) in [4.78, 5) is 24.9. The molecule has 6 heteroatoms. The number of carboxylic acid groups (broad SMARTS) is 1. The number of nitrogens with two attached hydrogens (primary N) is 1. The molecular formula is C19H26N2O4. The highest BCUT2D eigenvalue weighted by atomic mass is 16.5. The van der Waals surface area contributed by atoms with Crippen molar-refractivity contribution in [1.82, 2.24) is 4.90 Å². The maximum absolute atomic E-state index is 11.5. The number of ether oxygens (including phenoxy) is 1. The van der Waals surface area contributed by atoms with Crippen LogP contribution in [0.25, 0.3) is 0 Å². The second-order valence-corrected chi connectivity index (χ2v) is 7.17. The van der Waals surface area contributed by atoms with E-state index in [4.69, 9.17) is 15.6 Å². The van der Waals surface area contributed by atoms with Crippen molar-refractivity contribution in [2.45, 2.75) is 38.3 Å². The van der Waals surface area contributed by atoms with Gasteiger partial charge in [0.1, 0.15) is 0 Å². The number of primary amides is 1. The van der Waals surface area contributed by atoms with E-state index in [1.807, 2.05) is 6.07 Å². The molecule has 2 fully saturated rings. The number of amides is 1. The van der Waals surface area contributed by atoms with E-state index in [9.17, 15) is 9.59 Å². The lowest BCUT2D eigenvalue weighted by Gasteiger charge is -2.33. The Hall–Kier alpha value is -1.92. The Bertz CT molecular complexity index is 626. The number of nitrogens with zero attached hydrogens (tertiary/aromatic N) is 1. The second kappa shape index (κ2) is 7.97. The van der Waals surface area contributed by atoms with Crippen LogP contribution in [0.4, 0.5) is 0 Å². The summed E-state index contributed by atoms with van der Waals surface area (Å²) in [5, 5.41) is 9.09. The number of carbonyl (C=O) groups is 2. The molecule has 0 aliphatic carbocycles. The molecule has 25 heavy (non-hydrogen) atoms. The lowest BCUT2D eigenvalue weighted by atomic mass is 9.86. The Morgan fingerprint density at radius 1 is 1.24 bits per heavy atom. The number of benzene rings is 1. The third-order valence-electron chi connectivity index (χ3n) is 5.43. The van der Waals surface area contributed by atoms with Crippen LogP contribution in [0.15, 0.2) is 24.3 Å².